The highest BCUT2D eigenvalue weighted by Gasteiger charge is 2.48. The van der Waals surface area contributed by atoms with Crippen molar-refractivity contribution in [3.8, 4) is 0 Å². The average Bonchev–Trinajstić information content (AvgIpc) is 3.23. The number of anilines is 1. The molecule has 1 aromatic heterocycles. The second-order valence-corrected chi connectivity index (χ2v) is 7.79. The van der Waals surface area contributed by atoms with E-state index in [9.17, 15) is 14.7 Å². The van der Waals surface area contributed by atoms with Crippen LogP contribution in [-0.4, -0.2) is 27.0 Å². The number of rotatable bonds is 3. The van der Waals surface area contributed by atoms with Gasteiger partial charge in [0, 0.05) is 10.6 Å². The number of ketones is 1. The third-order valence-corrected chi connectivity index (χ3v) is 5.45. The van der Waals surface area contributed by atoms with Crippen LogP contribution in [0.25, 0.3) is 5.76 Å². The van der Waals surface area contributed by atoms with Crippen LogP contribution in [-0.2, 0) is 9.59 Å². The van der Waals surface area contributed by atoms with Crippen LogP contribution in [0, 0.1) is 6.92 Å². The Labute approximate surface area is 169 Å². The minimum atomic E-state index is -0.855. The van der Waals surface area contributed by atoms with Crippen molar-refractivity contribution < 1.29 is 14.7 Å². The molecule has 4 rings (SSSR count). The first kappa shape index (κ1) is 18.3. The molecule has 2 heterocycles. The number of nitrogens with zero attached hydrogens (tertiary/aromatic N) is 3. The Morgan fingerprint density at radius 1 is 1.11 bits per heavy atom. The molecule has 1 atom stereocenters. The molecule has 1 aliphatic rings. The summed E-state index contributed by atoms with van der Waals surface area (Å²) in [6.07, 6.45) is 0. The zero-order valence-corrected chi connectivity index (χ0v) is 16.2. The third-order valence-electron chi connectivity index (χ3n) is 4.38. The number of hydrogen-bond donors (Lipinski definition) is 1. The Kier molecular flexibility index (Phi) is 4.70. The van der Waals surface area contributed by atoms with Gasteiger partial charge < -0.3 is 5.11 Å². The Morgan fingerprint density at radius 3 is 2.50 bits per heavy atom. The molecule has 6 nitrogen and oxygen atoms in total. The molecule has 1 fully saturated rings. The number of aliphatic hydroxyl groups is 1. The van der Waals surface area contributed by atoms with Crippen LogP contribution in [0.1, 0.15) is 22.2 Å². The number of aliphatic hydroxyl groups excluding tert-OH is 1. The van der Waals surface area contributed by atoms with E-state index in [2.05, 4.69) is 10.2 Å². The molecule has 0 radical (unpaired) electrons. The molecular formula is C20H14ClN3O3S. The van der Waals surface area contributed by atoms with Crippen molar-refractivity contribution in [1.82, 2.24) is 10.2 Å². The van der Waals surface area contributed by atoms with E-state index < -0.39 is 17.7 Å². The SMILES string of the molecule is Cc1nnc(N2C(=O)C(=O)/C(=C(\O)c3ccccc3)C2c2cccc(Cl)c2)s1. The summed E-state index contributed by atoms with van der Waals surface area (Å²) in [5, 5.41) is 20.3. The molecule has 2 aromatic carbocycles. The van der Waals surface area contributed by atoms with Gasteiger partial charge in [0.2, 0.25) is 5.13 Å². The normalized spacial score (nSPS) is 18.6. The molecule has 1 aliphatic heterocycles. The Balaban J connectivity index is 1.96. The van der Waals surface area contributed by atoms with Gasteiger partial charge in [0.1, 0.15) is 10.8 Å². The minimum absolute atomic E-state index is 0.00804. The number of Topliss-reactive ketones (excluding diaryl/α,β-unsaturated/α-hetero) is 1. The first-order valence-electron chi connectivity index (χ1n) is 8.39. The van der Waals surface area contributed by atoms with Gasteiger partial charge in [-0.05, 0) is 24.6 Å². The number of halogens is 1. The van der Waals surface area contributed by atoms with Crippen molar-refractivity contribution >= 4 is 45.5 Å². The lowest BCUT2D eigenvalue weighted by Gasteiger charge is -2.22. The van der Waals surface area contributed by atoms with Crippen LogP contribution >= 0.6 is 22.9 Å². The molecule has 140 valence electrons. The van der Waals surface area contributed by atoms with E-state index in [0.29, 0.717) is 21.2 Å². The second kappa shape index (κ2) is 7.18. The molecule has 0 spiro atoms. The topological polar surface area (TPSA) is 83.4 Å². The van der Waals surface area contributed by atoms with Gasteiger partial charge >= 0.3 is 5.91 Å². The maximum atomic E-state index is 12.9. The van der Waals surface area contributed by atoms with Gasteiger partial charge in [0.15, 0.2) is 0 Å². The predicted octanol–water partition coefficient (Wildman–Crippen LogP) is 4.13. The summed E-state index contributed by atoms with van der Waals surface area (Å²) in [4.78, 5) is 27.0. The lowest BCUT2D eigenvalue weighted by atomic mass is 9.95. The molecule has 0 saturated carbocycles. The van der Waals surface area contributed by atoms with Gasteiger partial charge in [-0.1, -0.05) is 65.4 Å². The highest BCUT2D eigenvalue weighted by Crippen LogP contribution is 2.43. The molecule has 1 saturated heterocycles. The van der Waals surface area contributed by atoms with Crippen molar-refractivity contribution in [2.75, 3.05) is 4.90 Å². The zero-order valence-electron chi connectivity index (χ0n) is 14.7. The van der Waals surface area contributed by atoms with Crippen molar-refractivity contribution in [3.63, 3.8) is 0 Å². The fourth-order valence-corrected chi connectivity index (χ4v) is 4.07. The van der Waals surface area contributed by atoms with Crippen molar-refractivity contribution in [3.05, 3.63) is 81.3 Å². The highest BCUT2D eigenvalue weighted by molar-refractivity contribution is 7.15. The van der Waals surface area contributed by atoms with Gasteiger partial charge in [-0.25, -0.2) is 0 Å². The van der Waals surface area contributed by atoms with Gasteiger partial charge in [0.05, 0.1) is 11.6 Å². The Bertz CT molecular complexity index is 1110. The van der Waals surface area contributed by atoms with Gasteiger partial charge in [0.25, 0.3) is 5.78 Å². The molecule has 1 amide bonds. The smallest absolute Gasteiger partial charge is 0.301 e. The molecule has 3 aromatic rings. The van der Waals surface area contributed by atoms with Gasteiger partial charge in [-0.3, -0.25) is 14.5 Å². The summed E-state index contributed by atoms with van der Waals surface area (Å²) >= 11 is 7.34. The standard InChI is InChI=1S/C20H14ClN3O3S/c1-11-22-23-20(28-11)24-16(13-8-5-9-14(21)10-13)15(18(26)19(24)27)17(25)12-6-3-2-4-7-12/h2-10,16,25H,1H3/b17-15-. The van der Waals surface area contributed by atoms with Gasteiger partial charge in [-0.15, -0.1) is 10.2 Å². The van der Waals surface area contributed by atoms with E-state index in [1.807, 2.05) is 0 Å². The maximum Gasteiger partial charge on any atom is 0.301 e. The van der Waals surface area contributed by atoms with E-state index in [1.54, 1.807) is 61.5 Å². The van der Waals surface area contributed by atoms with Crippen molar-refractivity contribution in [2.45, 2.75) is 13.0 Å². The van der Waals surface area contributed by atoms with Crippen LogP contribution in [0.5, 0.6) is 0 Å². The first-order chi connectivity index (χ1) is 13.5. The number of aryl methyl sites for hydroxylation is 1. The lowest BCUT2D eigenvalue weighted by molar-refractivity contribution is -0.132. The van der Waals surface area contributed by atoms with E-state index >= 15 is 0 Å². The average molecular weight is 412 g/mol. The maximum absolute atomic E-state index is 12.9. The minimum Gasteiger partial charge on any atom is -0.507 e. The molecule has 0 bridgehead atoms. The van der Waals surface area contributed by atoms with E-state index in [4.69, 9.17) is 11.6 Å². The number of carbonyl (C=O) groups excluding carboxylic acids is 2. The second-order valence-electron chi connectivity index (χ2n) is 6.19. The largest absolute Gasteiger partial charge is 0.507 e. The van der Waals surface area contributed by atoms with Crippen LogP contribution in [0.4, 0.5) is 5.13 Å². The van der Waals surface area contributed by atoms with Crippen LogP contribution < -0.4 is 4.90 Å². The van der Waals surface area contributed by atoms with Crippen molar-refractivity contribution in [2.24, 2.45) is 0 Å². The van der Waals surface area contributed by atoms with Crippen LogP contribution in [0.2, 0.25) is 5.02 Å². The lowest BCUT2D eigenvalue weighted by Crippen LogP contribution is -2.29. The summed E-state index contributed by atoms with van der Waals surface area (Å²) in [7, 11) is 0. The fourth-order valence-electron chi connectivity index (χ4n) is 3.16. The molecule has 1 N–H and O–H groups in total. The molecule has 28 heavy (non-hydrogen) atoms. The summed E-state index contributed by atoms with van der Waals surface area (Å²) in [6, 6.07) is 14.6. The van der Waals surface area contributed by atoms with E-state index in [-0.39, 0.29) is 16.5 Å². The monoisotopic (exact) mass is 411 g/mol. The molecule has 8 heteroatoms. The number of carbonyl (C=O) groups is 2. The fraction of sp³-hybridized carbons (Fsp3) is 0.100. The van der Waals surface area contributed by atoms with E-state index in [1.165, 1.54) is 16.2 Å². The van der Waals surface area contributed by atoms with Gasteiger partial charge in [-0.2, -0.15) is 0 Å². The summed E-state index contributed by atoms with van der Waals surface area (Å²) in [6.45, 7) is 1.76. The molecular weight excluding hydrogens is 398 g/mol. The summed E-state index contributed by atoms with van der Waals surface area (Å²) < 4.78 is 0. The zero-order chi connectivity index (χ0) is 19.8. The third kappa shape index (κ3) is 3.08. The predicted molar refractivity (Wildman–Crippen MR) is 107 cm³/mol. The number of amides is 1. The Morgan fingerprint density at radius 2 is 1.86 bits per heavy atom. The highest BCUT2D eigenvalue weighted by atomic mass is 35.5. The first-order valence-corrected chi connectivity index (χ1v) is 9.59. The molecule has 1 unspecified atom stereocenters. The van der Waals surface area contributed by atoms with E-state index in [0.717, 1.165) is 0 Å². The summed E-state index contributed by atoms with van der Waals surface area (Å²) in [5.41, 5.74) is 1.03. The van der Waals surface area contributed by atoms with Crippen LogP contribution in [0.3, 0.4) is 0 Å². The number of hydrogen-bond acceptors (Lipinski definition) is 6. The number of aromatic nitrogens is 2. The quantitative estimate of drug-likeness (QED) is 0.398. The van der Waals surface area contributed by atoms with Crippen LogP contribution in [0.15, 0.2) is 60.2 Å². The summed E-state index contributed by atoms with van der Waals surface area (Å²) in [5.74, 6) is -1.79. The Hall–Kier alpha value is -3.03. The van der Waals surface area contributed by atoms with Crippen molar-refractivity contribution in [1.29, 1.82) is 0 Å². The number of benzene rings is 2. The molecule has 0 aliphatic carbocycles.